The van der Waals surface area contributed by atoms with Crippen molar-refractivity contribution >= 4 is 11.4 Å². The number of hydrazone groups is 1. The van der Waals surface area contributed by atoms with Crippen LogP contribution in [0, 0.1) is 11.3 Å². The van der Waals surface area contributed by atoms with Crippen LogP contribution in [-0.4, -0.2) is 5.71 Å². The Bertz CT molecular complexity index is 514. The van der Waals surface area contributed by atoms with Crippen LogP contribution in [0.2, 0.25) is 0 Å². The molecule has 0 saturated carbocycles. The second-order valence-corrected chi connectivity index (χ2v) is 6.71. The van der Waals surface area contributed by atoms with Gasteiger partial charge in [-0.3, -0.25) is 5.43 Å². The first-order valence-electron chi connectivity index (χ1n) is 8.16. The summed E-state index contributed by atoms with van der Waals surface area (Å²) in [6, 6.07) is 10.5. The predicted octanol–water partition coefficient (Wildman–Crippen LogP) is 5.23. The van der Waals surface area contributed by atoms with E-state index in [0.717, 1.165) is 18.5 Å². The minimum absolute atomic E-state index is 0.0692. The van der Waals surface area contributed by atoms with Crippen molar-refractivity contribution in [3.8, 4) is 0 Å². The lowest BCUT2D eigenvalue weighted by atomic mass is 9.74. The number of benzene rings is 1. The summed E-state index contributed by atoms with van der Waals surface area (Å²) in [5, 5.41) is 4.73. The van der Waals surface area contributed by atoms with Crippen LogP contribution in [0.25, 0.3) is 5.70 Å². The first-order chi connectivity index (χ1) is 10.0. The maximum Gasteiger partial charge on any atom is 0.0603 e. The summed E-state index contributed by atoms with van der Waals surface area (Å²) >= 11 is 0. The molecule has 0 amide bonds. The van der Waals surface area contributed by atoms with E-state index in [1.165, 1.54) is 24.1 Å². The minimum Gasteiger partial charge on any atom is -0.278 e. The van der Waals surface area contributed by atoms with Crippen molar-refractivity contribution in [3.05, 3.63) is 42.0 Å². The Morgan fingerprint density at radius 3 is 2.52 bits per heavy atom. The Hall–Kier alpha value is -1.57. The molecule has 0 spiro atoms. The van der Waals surface area contributed by atoms with Gasteiger partial charge in [-0.15, -0.1) is 0 Å². The van der Waals surface area contributed by atoms with Crippen LogP contribution in [0.4, 0.5) is 0 Å². The summed E-state index contributed by atoms with van der Waals surface area (Å²) in [6.45, 7) is 9.16. The highest BCUT2D eigenvalue weighted by Crippen LogP contribution is 2.36. The smallest absolute Gasteiger partial charge is 0.0603 e. The van der Waals surface area contributed by atoms with Crippen LogP contribution in [0.3, 0.4) is 0 Å². The standard InChI is InChI=1S/C19H28N2/c1-5-6-12-18-19(4,13-15(2)3)14-17(20-21-18)16-10-8-7-9-11-16/h7-11,14-15,20H,5-6,12-13H2,1-4H3/t19-/m0/s1. The Morgan fingerprint density at radius 2 is 1.90 bits per heavy atom. The largest absolute Gasteiger partial charge is 0.278 e. The number of rotatable bonds is 6. The van der Waals surface area contributed by atoms with Crippen LogP contribution >= 0.6 is 0 Å². The number of hydrogen-bond donors (Lipinski definition) is 1. The summed E-state index contributed by atoms with van der Waals surface area (Å²) in [5.41, 5.74) is 7.00. The van der Waals surface area contributed by atoms with Gasteiger partial charge in [0.25, 0.3) is 0 Å². The lowest BCUT2D eigenvalue weighted by Crippen LogP contribution is -2.34. The highest BCUT2D eigenvalue weighted by atomic mass is 15.3. The van der Waals surface area contributed by atoms with Crippen LogP contribution in [0.5, 0.6) is 0 Å². The van der Waals surface area contributed by atoms with Crippen LogP contribution in [0.1, 0.15) is 58.9 Å². The Kier molecular flexibility index (Phi) is 5.22. The number of allylic oxidation sites excluding steroid dienone is 1. The summed E-state index contributed by atoms with van der Waals surface area (Å²) in [5.74, 6) is 0.660. The molecule has 2 nitrogen and oxygen atoms in total. The molecule has 21 heavy (non-hydrogen) atoms. The van der Waals surface area contributed by atoms with Gasteiger partial charge in [0.15, 0.2) is 0 Å². The molecule has 1 aliphatic rings. The molecular weight excluding hydrogens is 256 g/mol. The topological polar surface area (TPSA) is 24.4 Å². The quantitative estimate of drug-likeness (QED) is 0.760. The second-order valence-electron chi connectivity index (χ2n) is 6.71. The van der Waals surface area contributed by atoms with E-state index < -0.39 is 0 Å². The molecule has 0 radical (unpaired) electrons. The Balaban J connectivity index is 2.28. The Labute approximate surface area is 129 Å². The van der Waals surface area contributed by atoms with Crippen molar-refractivity contribution in [2.24, 2.45) is 16.4 Å². The van der Waals surface area contributed by atoms with Crippen LogP contribution < -0.4 is 5.43 Å². The molecule has 1 heterocycles. The van der Waals surface area contributed by atoms with Gasteiger partial charge < -0.3 is 0 Å². The fourth-order valence-corrected chi connectivity index (χ4v) is 3.17. The fourth-order valence-electron chi connectivity index (χ4n) is 3.17. The first kappa shape index (κ1) is 15.8. The molecule has 1 aromatic rings. The van der Waals surface area contributed by atoms with Gasteiger partial charge in [0.05, 0.1) is 5.70 Å². The predicted molar refractivity (Wildman–Crippen MR) is 92.1 cm³/mol. The molecule has 0 saturated heterocycles. The van der Waals surface area contributed by atoms with E-state index in [2.05, 4.69) is 69.5 Å². The van der Waals surface area contributed by atoms with Crippen molar-refractivity contribution in [3.63, 3.8) is 0 Å². The van der Waals surface area contributed by atoms with Gasteiger partial charge in [0.1, 0.15) is 0 Å². The maximum atomic E-state index is 4.73. The lowest BCUT2D eigenvalue weighted by molar-refractivity contribution is 0.423. The van der Waals surface area contributed by atoms with E-state index in [-0.39, 0.29) is 5.41 Å². The van der Waals surface area contributed by atoms with Gasteiger partial charge in [-0.2, -0.15) is 5.10 Å². The molecule has 1 N–H and O–H groups in total. The maximum absolute atomic E-state index is 4.73. The van der Waals surface area contributed by atoms with Gasteiger partial charge in [-0.05, 0) is 36.8 Å². The van der Waals surface area contributed by atoms with E-state index in [4.69, 9.17) is 5.10 Å². The number of unbranched alkanes of at least 4 members (excludes halogenated alkanes) is 1. The highest BCUT2D eigenvalue weighted by Gasteiger charge is 2.32. The fraction of sp³-hybridized carbons (Fsp3) is 0.526. The normalized spacial score (nSPS) is 21.8. The molecule has 1 aromatic carbocycles. The van der Waals surface area contributed by atoms with Crippen molar-refractivity contribution in [1.82, 2.24) is 5.43 Å². The number of hydrogen-bond acceptors (Lipinski definition) is 2. The number of nitrogens with one attached hydrogen (secondary N) is 1. The molecular formula is C19H28N2. The van der Waals surface area contributed by atoms with Gasteiger partial charge in [-0.25, -0.2) is 0 Å². The lowest BCUT2D eigenvalue weighted by Gasteiger charge is -2.34. The summed E-state index contributed by atoms with van der Waals surface area (Å²) in [7, 11) is 0. The molecule has 1 atom stereocenters. The van der Waals surface area contributed by atoms with Gasteiger partial charge in [0.2, 0.25) is 0 Å². The zero-order chi connectivity index (χ0) is 15.3. The van der Waals surface area contributed by atoms with Gasteiger partial charge in [0, 0.05) is 11.1 Å². The SMILES string of the molecule is CCCCC1=NNC(c2ccccc2)=C[C@]1(C)CC(C)C. The van der Waals surface area contributed by atoms with E-state index in [0.29, 0.717) is 5.92 Å². The van der Waals surface area contributed by atoms with Gasteiger partial charge >= 0.3 is 0 Å². The van der Waals surface area contributed by atoms with E-state index in [9.17, 15) is 0 Å². The molecule has 2 heteroatoms. The molecule has 0 fully saturated rings. The van der Waals surface area contributed by atoms with E-state index >= 15 is 0 Å². The third kappa shape index (κ3) is 3.96. The molecule has 114 valence electrons. The summed E-state index contributed by atoms with van der Waals surface area (Å²) in [6.07, 6.45) is 7.05. The molecule has 0 aromatic heterocycles. The zero-order valence-corrected chi connectivity index (χ0v) is 13.8. The van der Waals surface area contributed by atoms with Crippen molar-refractivity contribution in [2.75, 3.05) is 0 Å². The second kappa shape index (κ2) is 6.93. The first-order valence-corrected chi connectivity index (χ1v) is 8.16. The molecule has 2 rings (SSSR count). The number of nitrogens with zero attached hydrogens (tertiary/aromatic N) is 1. The zero-order valence-electron chi connectivity index (χ0n) is 13.8. The van der Waals surface area contributed by atoms with Crippen molar-refractivity contribution < 1.29 is 0 Å². The molecule has 0 unspecified atom stereocenters. The van der Waals surface area contributed by atoms with E-state index in [1.54, 1.807) is 0 Å². The Morgan fingerprint density at radius 1 is 1.19 bits per heavy atom. The summed E-state index contributed by atoms with van der Waals surface area (Å²) < 4.78 is 0. The van der Waals surface area contributed by atoms with E-state index in [1.807, 2.05) is 0 Å². The van der Waals surface area contributed by atoms with Crippen LogP contribution in [0.15, 0.2) is 41.5 Å². The van der Waals surface area contributed by atoms with Crippen LogP contribution in [-0.2, 0) is 0 Å². The van der Waals surface area contributed by atoms with Crippen molar-refractivity contribution in [1.29, 1.82) is 0 Å². The third-order valence-corrected chi connectivity index (χ3v) is 4.12. The highest BCUT2D eigenvalue weighted by molar-refractivity contribution is 5.94. The molecule has 0 aliphatic carbocycles. The summed E-state index contributed by atoms with van der Waals surface area (Å²) in [4.78, 5) is 0. The monoisotopic (exact) mass is 284 g/mol. The van der Waals surface area contributed by atoms with Crippen molar-refractivity contribution in [2.45, 2.75) is 53.4 Å². The minimum atomic E-state index is 0.0692. The third-order valence-electron chi connectivity index (χ3n) is 4.12. The average Bonchev–Trinajstić information content (AvgIpc) is 2.46. The average molecular weight is 284 g/mol. The molecule has 1 aliphatic heterocycles. The van der Waals surface area contributed by atoms with Gasteiger partial charge in [-0.1, -0.05) is 64.4 Å². The molecule has 0 bridgehead atoms.